The van der Waals surface area contributed by atoms with Gasteiger partial charge in [-0.3, -0.25) is 0 Å². The first-order valence-corrected chi connectivity index (χ1v) is 5.76. The Bertz CT molecular complexity index is 353. The van der Waals surface area contributed by atoms with E-state index in [0.717, 1.165) is 35.5 Å². The van der Waals surface area contributed by atoms with Crippen LogP contribution in [-0.2, 0) is 0 Å². The van der Waals surface area contributed by atoms with Gasteiger partial charge in [-0.2, -0.15) is 0 Å². The lowest BCUT2D eigenvalue weighted by molar-refractivity contribution is 0.172. The highest BCUT2D eigenvalue weighted by Crippen LogP contribution is 2.27. The van der Waals surface area contributed by atoms with Gasteiger partial charge in [-0.05, 0) is 43.9 Å². The standard InChI is InChI=1S/C12H16ClNO/c1-8-9(13)4-2-5-10(8)14-11-6-3-7-12(11)15/h2,4-5,11-12,14-15H,3,6-7H2,1H3/t11-,12-/m1/s1. The molecule has 1 aliphatic carbocycles. The fourth-order valence-electron chi connectivity index (χ4n) is 2.07. The Morgan fingerprint density at radius 1 is 1.40 bits per heavy atom. The number of rotatable bonds is 2. The maximum atomic E-state index is 9.71. The number of aliphatic hydroxyl groups excluding tert-OH is 1. The maximum Gasteiger partial charge on any atom is 0.0741 e. The highest BCUT2D eigenvalue weighted by molar-refractivity contribution is 6.31. The van der Waals surface area contributed by atoms with Crippen LogP contribution in [0.5, 0.6) is 0 Å². The zero-order valence-electron chi connectivity index (χ0n) is 8.83. The van der Waals surface area contributed by atoms with E-state index in [1.165, 1.54) is 0 Å². The third kappa shape index (κ3) is 2.27. The van der Waals surface area contributed by atoms with Gasteiger partial charge in [0.1, 0.15) is 0 Å². The van der Waals surface area contributed by atoms with Gasteiger partial charge >= 0.3 is 0 Å². The predicted octanol–water partition coefficient (Wildman–Crippen LogP) is 2.97. The third-order valence-corrected chi connectivity index (χ3v) is 3.50. The molecule has 2 nitrogen and oxygen atoms in total. The van der Waals surface area contributed by atoms with Crippen LogP contribution in [0, 0.1) is 6.92 Å². The average molecular weight is 226 g/mol. The van der Waals surface area contributed by atoms with Crippen LogP contribution in [0.4, 0.5) is 5.69 Å². The molecule has 1 fully saturated rings. The van der Waals surface area contributed by atoms with Crippen LogP contribution in [0.1, 0.15) is 24.8 Å². The normalized spacial score (nSPS) is 25.5. The van der Waals surface area contributed by atoms with Crippen molar-refractivity contribution in [2.75, 3.05) is 5.32 Å². The minimum Gasteiger partial charge on any atom is -0.391 e. The summed E-state index contributed by atoms with van der Waals surface area (Å²) in [5.41, 5.74) is 2.09. The Hall–Kier alpha value is -0.730. The fourth-order valence-corrected chi connectivity index (χ4v) is 2.25. The Morgan fingerprint density at radius 2 is 2.20 bits per heavy atom. The summed E-state index contributed by atoms with van der Waals surface area (Å²) in [4.78, 5) is 0. The molecule has 2 atom stereocenters. The van der Waals surface area contributed by atoms with E-state index in [-0.39, 0.29) is 12.1 Å². The van der Waals surface area contributed by atoms with Crippen LogP contribution in [0.15, 0.2) is 18.2 Å². The Morgan fingerprint density at radius 3 is 2.87 bits per heavy atom. The predicted molar refractivity (Wildman–Crippen MR) is 63.5 cm³/mol. The summed E-state index contributed by atoms with van der Waals surface area (Å²) in [7, 11) is 0. The SMILES string of the molecule is Cc1c(Cl)cccc1N[C@@H]1CCC[C@H]1O. The summed E-state index contributed by atoms with van der Waals surface area (Å²) in [5.74, 6) is 0. The minimum atomic E-state index is -0.219. The van der Waals surface area contributed by atoms with Gasteiger partial charge in [0.2, 0.25) is 0 Å². The van der Waals surface area contributed by atoms with E-state index in [2.05, 4.69) is 5.32 Å². The molecule has 82 valence electrons. The molecule has 3 heteroatoms. The quantitative estimate of drug-likeness (QED) is 0.811. The summed E-state index contributed by atoms with van der Waals surface area (Å²) >= 11 is 6.03. The number of nitrogens with one attached hydrogen (secondary N) is 1. The van der Waals surface area contributed by atoms with E-state index in [9.17, 15) is 5.11 Å². The molecule has 0 aliphatic heterocycles. The molecule has 0 aromatic heterocycles. The summed E-state index contributed by atoms with van der Waals surface area (Å²) in [5, 5.41) is 13.9. The number of hydrogen-bond acceptors (Lipinski definition) is 2. The molecule has 2 N–H and O–H groups in total. The Kier molecular flexibility index (Phi) is 3.17. The number of hydrogen-bond donors (Lipinski definition) is 2. The third-order valence-electron chi connectivity index (χ3n) is 3.09. The first-order valence-electron chi connectivity index (χ1n) is 5.38. The van der Waals surface area contributed by atoms with Crippen LogP contribution >= 0.6 is 11.6 Å². The number of aliphatic hydroxyl groups is 1. The van der Waals surface area contributed by atoms with Crippen molar-refractivity contribution >= 4 is 17.3 Å². The van der Waals surface area contributed by atoms with E-state index in [0.29, 0.717) is 0 Å². The smallest absolute Gasteiger partial charge is 0.0741 e. The summed E-state index contributed by atoms with van der Waals surface area (Å²) in [6.45, 7) is 1.99. The molecule has 0 saturated heterocycles. The highest BCUT2D eigenvalue weighted by Gasteiger charge is 2.25. The van der Waals surface area contributed by atoms with Crippen LogP contribution in [0.25, 0.3) is 0 Å². The lowest BCUT2D eigenvalue weighted by atomic mass is 10.1. The molecule has 15 heavy (non-hydrogen) atoms. The minimum absolute atomic E-state index is 0.183. The highest BCUT2D eigenvalue weighted by atomic mass is 35.5. The van der Waals surface area contributed by atoms with Crippen molar-refractivity contribution in [2.45, 2.75) is 38.3 Å². The van der Waals surface area contributed by atoms with Gasteiger partial charge < -0.3 is 10.4 Å². The maximum absolute atomic E-state index is 9.71. The molecular formula is C12H16ClNO. The summed E-state index contributed by atoms with van der Waals surface area (Å²) < 4.78 is 0. The van der Waals surface area contributed by atoms with Gasteiger partial charge in [0.05, 0.1) is 12.1 Å². The second-order valence-electron chi connectivity index (χ2n) is 4.16. The van der Waals surface area contributed by atoms with Crippen molar-refractivity contribution in [1.82, 2.24) is 0 Å². The van der Waals surface area contributed by atoms with E-state index in [4.69, 9.17) is 11.6 Å². The molecule has 0 bridgehead atoms. The molecule has 2 rings (SSSR count). The average Bonchev–Trinajstić information content (AvgIpc) is 2.60. The van der Waals surface area contributed by atoms with Gasteiger partial charge in [0, 0.05) is 10.7 Å². The monoisotopic (exact) mass is 225 g/mol. The van der Waals surface area contributed by atoms with Gasteiger partial charge in [0.15, 0.2) is 0 Å². The largest absolute Gasteiger partial charge is 0.391 e. The molecule has 0 spiro atoms. The van der Waals surface area contributed by atoms with Crippen molar-refractivity contribution in [1.29, 1.82) is 0 Å². The molecule has 0 amide bonds. The van der Waals surface area contributed by atoms with E-state index in [1.54, 1.807) is 0 Å². The van der Waals surface area contributed by atoms with Crippen molar-refractivity contribution in [2.24, 2.45) is 0 Å². The second kappa shape index (κ2) is 4.42. The van der Waals surface area contributed by atoms with Crippen LogP contribution in [0.2, 0.25) is 5.02 Å². The number of halogens is 1. The molecule has 1 aromatic rings. The number of anilines is 1. The van der Waals surface area contributed by atoms with E-state index in [1.807, 2.05) is 25.1 Å². The van der Waals surface area contributed by atoms with Crippen LogP contribution in [0.3, 0.4) is 0 Å². The van der Waals surface area contributed by atoms with Crippen molar-refractivity contribution in [3.63, 3.8) is 0 Å². The summed E-state index contributed by atoms with van der Waals surface area (Å²) in [6, 6.07) is 6.00. The Labute approximate surface area is 95.3 Å². The van der Waals surface area contributed by atoms with E-state index < -0.39 is 0 Å². The van der Waals surface area contributed by atoms with E-state index >= 15 is 0 Å². The molecule has 0 unspecified atom stereocenters. The Balaban J connectivity index is 2.13. The van der Waals surface area contributed by atoms with Crippen LogP contribution < -0.4 is 5.32 Å². The molecular weight excluding hydrogens is 210 g/mol. The summed E-state index contributed by atoms with van der Waals surface area (Å²) in [6.07, 6.45) is 2.81. The van der Waals surface area contributed by atoms with Gasteiger partial charge in [-0.1, -0.05) is 17.7 Å². The molecule has 1 aromatic carbocycles. The lowest BCUT2D eigenvalue weighted by Gasteiger charge is -2.19. The number of benzene rings is 1. The molecule has 0 heterocycles. The molecule has 0 radical (unpaired) electrons. The van der Waals surface area contributed by atoms with Crippen LogP contribution in [-0.4, -0.2) is 17.3 Å². The zero-order valence-corrected chi connectivity index (χ0v) is 9.59. The van der Waals surface area contributed by atoms with Crippen molar-refractivity contribution in [3.05, 3.63) is 28.8 Å². The fraction of sp³-hybridized carbons (Fsp3) is 0.500. The van der Waals surface area contributed by atoms with Gasteiger partial charge in [0.25, 0.3) is 0 Å². The molecule has 1 aliphatic rings. The first kappa shape index (κ1) is 10.8. The molecule has 1 saturated carbocycles. The van der Waals surface area contributed by atoms with Crippen molar-refractivity contribution in [3.8, 4) is 0 Å². The lowest BCUT2D eigenvalue weighted by Crippen LogP contribution is -2.28. The topological polar surface area (TPSA) is 32.3 Å². The first-order chi connectivity index (χ1) is 7.18. The van der Waals surface area contributed by atoms with Gasteiger partial charge in [-0.15, -0.1) is 0 Å². The van der Waals surface area contributed by atoms with Crippen molar-refractivity contribution < 1.29 is 5.11 Å². The zero-order chi connectivity index (χ0) is 10.8. The second-order valence-corrected chi connectivity index (χ2v) is 4.57. The van der Waals surface area contributed by atoms with Gasteiger partial charge in [-0.25, -0.2) is 0 Å².